The van der Waals surface area contributed by atoms with Crippen molar-refractivity contribution in [1.82, 2.24) is 0 Å². The molecule has 2 heterocycles. The zero-order valence-corrected chi connectivity index (χ0v) is 20.5. The van der Waals surface area contributed by atoms with Crippen LogP contribution in [-0.2, 0) is 9.53 Å². The summed E-state index contributed by atoms with van der Waals surface area (Å²) in [6.45, 7) is -0.453. The third-order valence-electron chi connectivity index (χ3n) is 5.20. The molecule has 5 rings (SSSR count). The molecule has 9 heteroatoms. The topological polar surface area (TPSA) is 75.7 Å². The van der Waals surface area contributed by atoms with E-state index in [4.69, 9.17) is 16.3 Å². The number of esters is 1. The number of hydrogen-bond acceptors (Lipinski definition) is 6. The van der Waals surface area contributed by atoms with Crippen molar-refractivity contribution in [1.29, 1.82) is 0 Å². The number of benzene rings is 3. The van der Waals surface area contributed by atoms with Crippen molar-refractivity contribution in [3.05, 3.63) is 99.7 Å². The summed E-state index contributed by atoms with van der Waals surface area (Å²) in [5, 5.41) is 4.77. The highest BCUT2D eigenvalue weighted by Gasteiger charge is 2.28. The Morgan fingerprint density at radius 3 is 2.23 bits per heavy atom. The summed E-state index contributed by atoms with van der Waals surface area (Å²) >= 11 is 9.08. The van der Waals surface area contributed by atoms with Crippen LogP contribution in [0.15, 0.2) is 94.0 Å². The van der Waals surface area contributed by atoms with Gasteiger partial charge in [0.1, 0.15) is 0 Å². The minimum absolute atomic E-state index is 0.165. The lowest BCUT2D eigenvalue weighted by Gasteiger charge is -2.30. The van der Waals surface area contributed by atoms with Crippen molar-refractivity contribution in [2.75, 3.05) is 16.8 Å². The lowest BCUT2D eigenvalue weighted by atomic mass is 10.2. The summed E-state index contributed by atoms with van der Waals surface area (Å²) in [6.07, 6.45) is 0. The molecule has 0 aliphatic carbocycles. The fourth-order valence-electron chi connectivity index (χ4n) is 3.59. The molecular formula is C26H17ClN2O4S2. The Bertz CT molecular complexity index is 1390. The molecule has 3 aromatic carbocycles. The lowest BCUT2D eigenvalue weighted by Crippen LogP contribution is -2.32. The van der Waals surface area contributed by atoms with Gasteiger partial charge in [-0.3, -0.25) is 14.5 Å². The molecule has 0 saturated carbocycles. The quantitative estimate of drug-likeness (QED) is 0.298. The zero-order valence-electron chi connectivity index (χ0n) is 18.1. The molecule has 0 fully saturated rings. The van der Waals surface area contributed by atoms with Crippen LogP contribution in [0.5, 0.6) is 0 Å². The first-order chi connectivity index (χ1) is 17.0. The highest BCUT2D eigenvalue weighted by atomic mass is 35.5. The number of nitrogens with zero attached hydrogens (tertiary/aromatic N) is 1. The van der Waals surface area contributed by atoms with Gasteiger partial charge in [0.15, 0.2) is 6.61 Å². The SMILES string of the molecule is O=C(OCC(=O)N1c2ccccc2Sc2ccccc21)c1ccc(Cl)c(NC(=O)c2cccs2)c1. The minimum Gasteiger partial charge on any atom is -0.452 e. The minimum atomic E-state index is -0.699. The lowest BCUT2D eigenvalue weighted by molar-refractivity contribution is -0.121. The second-order valence-corrected chi connectivity index (χ2v) is 9.91. The van der Waals surface area contributed by atoms with Crippen molar-refractivity contribution in [2.24, 2.45) is 0 Å². The Morgan fingerprint density at radius 2 is 1.57 bits per heavy atom. The molecule has 2 amide bonds. The average molecular weight is 521 g/mol. The molecule has 0 saturated heterocycles. The molecule has 1 aromatic heterocycles. The largest absolute Gasteiger partial charge is 0.452 e. The van der Waals surface area contributed by atoms with Crippen LogP contribution in [0.1, 0.15) is 20.0 Å². The van der Waals surface area contributed by atoms with Gasteiger partial charge in [0.2, 0.25) is 0 Å². The molecule has 0 atom stereocenters. The van der Waals surface area contributed by atoms with E-state index < -0.39 is 12.6 Å². The van der Waals surface area contributed by atoms with E-state index in [1.807, 2.05) is 48.5 Å². The van der Waals surface area contributed by atoms with Gasteiger partial charge >= 0.3 is 5.97 Å². The van der Waals surface area contributed by atoms with E-state index in [0.717, 1.165) is 21.2 Å². The fraction of sp³-hybridized carbons (Fsp3) is 0.0385. The number of nitrogens with one attached hydrogen (secondary N) is 1. The number of carbonyl (C=O) groups excluding carboxylic acids is 3. The smallest absolute Gasteiger partial charge is 0.338 e. The molecule has 1 aliphatic rings. The maximum absolute atomic E-state index is 13.2. The van der Waals surface area contributed by atoms with E-state index in [1.54, 1.807) is 34.2 Å². The van der Waals surface area contributed by atoms with Crippen molar-refractivity contribution in [3.63, 3.8) is 0 Å². The van der Waals surface area contributed by atoms with Gasteiger partial charge in [0.25, 0.3) is 11.8 Å². The molecule has 35 heavy (non-hydrogen) atoms. The third-order valence-corrected chi connectivity index (χ3v) is 7.53. The number of anilines is 3. The highest BCUT2D eigenvalue weighted by Crippen LogP contribution is 2.47. The first-order valence-corrected chi connectivity index (χ1v) is 12.6. The first kappa shape index (κ1) is 23.2. The van der Waals surface area contributed by atoms with Crippen LogP contribution in [0, 0.1) is 0 Å². The van der Waals surface area contributed by atoms with Gasteiger partial charge in [0, 0.05) is 9.79 Å². The molecule has 1 aliphatic heterocycles. The Labute approximate surface area is 214 Å². The maximum Gasteiger partial charge on any atom is 0.338 e. The number of ether oxygens (including phenoxy) is 1. The molecule has 0 spiro atoms. The van der Waals surface area contributed by atoms with Crippen LogP contribution in [0.2, 0.25) is 5.02 Å². The van der Waals surface area contributed by atoms with Crippen LogP contribution >= 0.6 is 34.7 Å². The normalized spacial score (nSPS) is 11.9. The third kappa shape index (κ3) is 4.81. The van der Waals surface area contributed by atoms with Crippen molar-refractivity contribution in [2.45, 2.75) is 9.79 Å². The number of carbonyl (C=O) groups is 3. The molecule has 0 unspecified atom stereocenters. The van der Waals surface area contributed by atoms with Gasteiger partial charge in [0.05, 0.1) is 32.5 Å². The molecule has 1 N–H and O–H groups in total. The van der Waals surface area contributed by atoms with Crippen LogP contribution in [0.25, 0.3) is 0 Å². The summed E-state index contributed by atoms with van der Waals surface area (Å²) < 4.78 is 5.35. The van der Waals surface area contributed by atoms with E-state index in [2.05, 4.69) is 5.32 Å². The molecule has 174 valence electrons. The Balaban J connectivity index is 1.32. The van der Waals surface area contributed by atoms with Gasteiger partial charge < -0.3 is 10.1 Å². The highest BCUT2D eigenvalue weighted by molar-refractivity contribution is 7.99. The second kappa shape index (κ2) is 9.95. The van der Waals surface area contributed by atoms with E-state index in [0.29, 0.717) is 4.88 Å². The average Bonchev–Trinajstić information content (AvgIpc) is 3.42. The molecular weight excluding hydrogens is 504 g/mol. The number of fused-ring (bicyclic) bond motifs is 2. The van der Waals surface area contributed by atoms with E-state index in [1.165, 1.54) is 29.5 Å². The summed E-state index contributed by atoms with van der Waals surface area (Å²) in [7, 11) is 0. The number of hydrogen-bond donors (Lipinski definition) is 1. The first-order valence-electron chi connectivity index (χ1n) is 10.5. The van der Waals surface area contributed by atoms with E-state index in [-0.39, 0.29) is 28.1 Å². The molecule has 0 radical (unpaired) electrons. The Morgan fingerprint density at radius 1 is 0.886 bits per heavy atom. The van der Waals surface area contributed by atoms with Gasteiger partial charge in [-0.25, -0.2) is 4.79 Å². The Hall–Kier alpha value is -3.59. The Kier molecular flexibility index (Phi) is 6.59. The second-order valence-electron chi connectivity index (χ2n) is 7.47. The monoisotopic (exact) mass is 520 g/mol. The predicted molar refractivity (Wildman–Crippen MR) is 138 cm³/mol. The van der Waals surface area contributed by atoms with Crippen molar-refractivity contribution < 1.29 is 19.1 Å². The molecule has 6 nitrogen and oxygen atoms in total. The van der Waals surface area contributed by atoms with Gasteiger partial charge in [-0.2, -0.15) is 0 Å². The summed E-state index contributed by atoms with van der Waals surface area (Å²) in [4.78, 5) is 42.3. The summed E-state index contributed by atoms with van der Waals surface area (Å²) in [5.74, 6) is -1.41. The van der Waals surface area contributed by atoms with Gasteiger partial charge in [-0.05, 0) is 53.9 Å². The van der Waals surface area contributed by atoms with E-state index >= 15 is 0 Å². The zero-order chi connectivity index (χ0) is 24.4. The van der Waals surface area contributed by atoms with Gasteiger partial charge in [-0.1, -0.05) is 53.7 Å². The maximum atomic E-state index is 13.2. The van der Waals surface area contributed by atoms with Gasteiger partial charge in [-0.15, -0.1) is 11.3 Å². The van der Waals surface area contributed by atoms with Crippen LogP contribution < -0.4 is 10.2 Å². The summed E-state index contributed by atoms with van der Waals surface area (Å²) in [5.41, 5.74) is 1.92. The van der Waals surface area contributed by atoms with E-state index in [9.17, 15) is 14.4 Å². The summed E-state index contributed by atoms with van der Waals surface area (Å²) in [6, 6.07) is 23.0. The number of thiophene rings is 1. The van der Waals surface area contributed by atoms with Crippen LogP contribution in [-0.4, -0.2) is 24.4 Å². The predicted octanol–water partition coefficient (Wildman–Crippen LogP) is 6.64. The van der Waals surface area contributed by atoms with Crippen molar-refractivity contribution in [3.8, 4) is 0 Å². The van der Waals surface area contributed by atoms with Crippen LogP contribution in [0.4, 0.5) is 17.1 Å². The number of para-hydroxylation sites is 2. The molecule has 0 bridgehead atoms. The number of halogens is 1. The number of amides is 2. The van der Waals surface area contributed by atoms with Crippen LogP contribution in [0.3, 0.4) is 0 Å². The number of rotatable bonds is 5. The van der Waals surface area contributed by atoms with Crippen molar-refractivity contribution >= 4 is 69.5 Å². The fourth-order valence-corrected chi connectivity index (χ4v) is 5.43. The molecule has 4 aromatic rings. The standard InChI is InChI=1S/C26H17ClN2O4S2/c27-17-12-11-16(14-18(17)28-25(31)23-10-5-13-34-23)26(32)33-15-24(30)29-19-6-1-3-8-21(19)35-22-9-4-2-7-20(22)29/h1-14H,15H2,(H,28,31).